The number of hydrogen-bond acceptors (Lipinski definition) is 6. The van der Waals surface area contributed by atoms with Gasteiger partial charge in [-0.05, 0) is 49.8 Å². The molecule has 0 atom stereocenters. The summed E-state index contributed by atoms with van der Waals surface area (Å²) in [5.41, 5.74) is 2.24. The zero-order valence-electron chi connectivity index (χ0n) is 15.3. The molecule has 2 aromatic rings. The summed E-state index contributed by atoms with van der Waals surface area (Å²) < 4.78 is 5.41. The number of benzene rings is 2. The minimum atomic E-state index is -0.586. The second-order valence-electron chi connectivity index (χ2n) is 6.20. The van der Waals surface area contributed by atoms with E-state index in [4.69, 9.17) is 4.74 Å². The van der Waals surface area contributed by atoms with E-state index in [1.807, 2.05) is 19.1 Å². The highest BCUT2D eigenvalue weighted by Gasteiger charge is 2.32. The monoisotopic (exact) mass is 379 g/mol. The number of aryl methyl sites for hydroxylation is 1. The van der Waals surface area contributed by atoms with Crippen LogP contribution in [0.25, 0.3) is 6.08 Å². The molecule has 1 aliphatic rings. The van der Waals surface area contributed by atoms with E-state index in [9.17, 15) is 19.7 Å². The molecule has 0 spiro atoms. The Kier molecular flexibility index (Phi) is 5.30. The van der Waals surface area contributed by atoms with Gasteiger partial charge in [0.1, 0.15) is 5.75 Å². The molecule has 0 fully saturated rings. The molecule has 0 saturated carbocycles. The van der Waals surface area contributed by atoms with Crippen molar-refractivity contribution in [1.29, 1.82) is 0 Å². The van der Waals surface area contributed by atoms with Crippen molar-refractivity contribution in [2.24, 2.45) is 5.10 Å². The van der Waals surface area contributed by atoms with Gasteiger partial charge in [0.25, 0.3) is 17.5 Å². The van der Waals surface area contributed by atoms with Crippen LogP contribution in [0.3, 0.4) is 0 Å². The maximum atomic E-state index is 12.6. The summed E-state index contributed by atoms with van der Waals surface area (Å²) in [5.74, 6) is -0.627. The Balaban J connectivity index is 1.69. The molecule has 142 valence electrons. The van der Waals surface area contributed by atoms with E-state index in [-0.39, 0.29) is 17.9 Å². The molecule has 0 unspecified atom stereocenters. The van der Waals surface area contributed by atoms with E-state index in [0.717, 1.165) is 10.6 Å². The largest absolute Gasteiger partial charge is 0.484 e. The summed E-state index contributed by atoms with van der Waals surface area (Å²) in [7, 11) is 0. The number of hydrogen-bond donors (Lipinski definition) is 0. The van der Waals surface area contributed by atoms with Gasteiger partial charge < -0.3 is 4.74 Å². The van der Waals surface area contributed by atoms with Crippen LogP contribution in [0.4, 0.5) is 5.69 Å². The van der Waals surface area contributed by atoms with Crippen LogP contribution in [0.1, 0.15) is 18.1 Å². The molecule has 2 aromatic carbocycles. The van der Waals surface area contributed by atoms with Crippen molar-refractivity contribution < 1.29 is 19.2 Å². The van der Waals surface area contributed by atoms with Gasteiger partial charge in [-0.25, -0.2) is 0 Å². The fraction of sp³-hybridized carbons (Fsp3) is 0.150. The number of hydrazone groups is 1. The van der Waals surface area contributed by atoms with Crippen molar-refractivity contribution in [3.05, 3.63) is 75.3 Å². The summed E-state index contributed by atoms with van der Waals surface area (Å²) in [6, 6.07) is 12.9. The smallest absolute Gasteiger partial charge is 0.288 e. The highest BCUT2D eigenvalue weighted by atomic mass is 16.6. The Labute approximate surface area is 160 Å². The maximum Gasteiger partial charge on any atom is 0.288 e. The molecule has 0 aliphatic carbocycles. The van der Waals surface area contributed by atoms with Gasteiger partial charge in [-0.3, -0.25) is 19.7 Å². The average Bonchev–Trinajstić information content (AvgIpc) is 2.96. The third-order valence-electron chi connectivity index (χ3n) is 4.10. The van der Waals surface area contributed by atoms with E-state index in [1.54, 1.807) is 25.1 Å². The molecule has 0 radical (unpaired) electrons. The lowest BCUT2D eigenvalue weighted by Crippen LogP contribution is -2.33. The molecule has 2 amide bonds. The molecular weight excluding hydrogens is 362 g/mol. The van der Waals surface area contributed by atoms with Crippen LogP contribution < -0.4 is 4.74 Å². The van der Waals surface area contributed by atoms with Crippen molar-refractivity contribution >= 4 is 29.3 Å². The first-order valence-electron chi connectivity index (χ1n) is 8.43. The number of nitro groups is 1. The van der Waals surface area contributed by atoms with Gasteiger partial charge in [-0.2, -0.15) is 10.1 Å². The van der Waals surface area contributed by atoms with Crippen LogP contribution in [0.2, 0.25) is 0 Å². The quantitative estimate of drug-likeness (QED) is 0.451. The molecule has 1 heterocycles. The number of nitro benzene ring substituents is 1. The average molecular weight is 379 g/mol. The topological polar surface area (TPSA) is 102 Å². The Morgan fingerprint density at radius 3 is 2.39 bits per heavy atom. The second-order valence-corrected chi connectivity index (χ2v) is 6.20. The summed E-state index contributed by atoms with van der Waals surface area (Å²) in [6.45, 7) is 3.23. The first kappa shape index (κ1) is 19.0. The van der Waals surface area contributed by atoms with E-state index >= 15 is 0 Å². The van der Waals surface area contributed by atoms with Gasteiger partial charge in [-0.1, -0.05) is 17.7 Å². The molecule has 8 heteroatoms. The lowest BCUT2D eigenvalue weighted by atomic mass is 10.1. The Morgan fingerprint density at radius 2 is 1.79 bits per heavy atom. The van der Waals surface area contributed by atoms with Crippen LogP contribution in [0, 0.1) is 17.0 Å². The highest BCUT2D eigenvalue weighted by Crippen LogP contribution is 2.21. The number of imide groups is 1. The van der Waals surface area contributed by atoms with Crippen LogP contribution in [-0.2, 0) is 9.59 Å². The van der Waals surface area contributed by atoms with E-state index in [2.05, 4.69) is 5.10 Å². The Bertz CT molecular complexity index is 992. The third-order valence-corrected chi connectivity index (χ3v) is 4.10. The predicted octanol–water partition coefficient (Wildman–Crippen LogP) is 3.11. The van der Waals surface area contributed by atoms with Crippen molar-refractivity contribution in [1.82, 2.24) is 5.01 Å². The van der Waals surface area contributed by atoms with E-state index in [1.165, 1.54) is 24.3 Å². The Hall–Kier alpha value is -3.81. The number of carbonyl (C=O) groups excluding carboxylic acids is 2. The lowest BCUT2D eigenvalue weighted by Gasteiger charge is -2.11. The van der Waals surface area contributed by atoms with Crippen molar-refractivity contribution in [2.75, 3.05) is 6.61 Å². The van der Waals surface area contributed by atoms with Gasteiger partial charge in [0.05, 0.1) is 16.2 Å². The lowest BCUT2D eigenvalue weighted by molar-refractivity contribution is -0.384. The number of amides is 2. The number of nitrogens with zero attached hydrogens (tertiary/aromatic N) is 3. The summed E-state index contributed by atoms with van der Waals surface area (Å²) in [5, 5.41) is 15.5. The third kappa shape index (κ3) is 4.12. The van der Waals surface area contributed by atoms with Crippen LogP contribution >= 0.6 is 0 Å². The minimum absolute atomic E-state index is 0.0460. The van der Waals surface area contributed by atoms with Crippen LogP contribution in [-0.4, -0.2) is 34.1 Å². The molecule has 28 heavy (non-hydrogen) atoms. The van der Waals surface area contributed by atoms with Crippen molar-refractivity contribution in [3.63, 3.8) is 0 Å². The van der Waals surface area contributed by atoms with Gasteiger partial charge in [0.2, 0.25) is 0 Å². The zero-order valence-corrected chi connectivity index (χ0v) is 15.3. The van der Waals surface area contributed by atoms with Gasteiger partial charge in [-0.15, -0.1) is 0 Å². The van der Waals surface area contributed by atoms with Crippen molar-refractivity contribution in [3.8, 4) is 5.75 Å². The standard InChI is InChI=1S/C20H17N3O5/c1-13-3-9-17(10-4-13)28-12-19(24)22-20(25)18(14(2)21-22)11-15-5-7-16(8-6-15)23(26)27/h3-11H,12H2,1-2H3/b18-11+. The Morgan fingerprint density at radius 1 is 1.14 bits per heavy atom. The summed E-state index contributed by atoms with van der Waals surface area (Å²) in [6.07, 6.45) is 1.54. The number of ether oxygens (including phenoxy) is 1. The fourth-order valence-electron chi connectivity index (χ4n) is 2.55. The van der Waals surface area contributed by atoms with Gasteiger partial charge >= 0.3 is 0 Å². The first-order valence-corrected chi connectivity index (χ1v) is 8.43. The minimum Gasteiger partial charge on any atom is -0.484 e. The predicted molar refractivity (Wildman–Crippen MR) is 103 cm³/mol. The maximum absolute atomic E-state index is 12.6. The molecular formula is C20H17N3O5. The summed E-state index contributed by atoms with van der Waals surface area (Å²) >= 11 is 0. The van der Waals surface area contributed by atoms with Crippen molar-refractivity contribution in [2.45, 2.75) is 13.8 Å². The SMILES string of the molecule is CC1=NN(C(=O)COc2ccc(C)cc2)C(=O)/C1=C/c1ccc([N+](=O)[O-])cc1. The molecule has 1 aliphatic heterocycles. The molecule has 0 aromatic heterocycles. The van der Waals surface area contributed by atoms with Crippen LogP contribution in [0.5, 0.6) is 5.75 Å². The number of rotatable bonds is 5. The normalized spacial score (nSPS) is 14.9. The van der Waals surface area contributed by atoms with E-state index < -0.39 is 16.7 Å². The van der Waals surface area contributed by atoms with Crippen LogP contribution in [0.15, 0.2) is 59.2 Å². The molecule has 0 bridgehead atoms. The number of carbonyl (C=O) groups is 2. The second kappa shape index (κ2) is 7.83. The molecule has 0 saturated heterocycles. The molecule has 3 rings (SSSR count). The molecule has 8 nitrogen and oxygen atoms in total. The molecule has 0 N–H and O–H groups in total. The van der Waals surface area contributed by atoms with E-state index in [0.29, 0.717) is 17.0 Å². The van der Waals surface area contributed by atoms with Gasteiger partial charge in [0.15, 0.2) is 6.61 Å². The summed E-state index contributed by atoms with van der Waals surface area (Å²) in [4.78, 5) is 35.1. The number of non-ortho nitro benzene ring substituents is 1. The zero-order chi connectivity index (χ0) is 20.3. The van der Waals surface area contributed by atoms with Gasteiger partial charge in [0, 0.05) is 12.1 Å². The highest BCUT2D eigenvalue weighted by molar-refractivity contribution is 6.29. The fourth-order valence-corrected chi connectivity index (χ4v) is 2.55. The first-order chi connectivity index (χ1) is 13.3.